The second-order valence-electron chi connectivity index (χ2n) is 7.23. The van der Waals surface area contributed by atoms with Gasteiger partial charge in [0.25, 0.3) is 5.91 Å². The zero-order valence-electron chi connectivity index (χ0n) is 16.0. The molecule has 27 heavy (non-hydrogen) atoms. The molecule has 1 atom stereocenters. The van der Waals surface area contributed by atoms with Gasteiger partial charge in [0.05, 0.1) is 17.9 Å². The van der Waals surface area contributed by atoms with Crippen LogP contribution in [0.15, 0.2) is 30.5 Å². The zero-order chi connectivity index (χ0) is 19.0. The molecule has 0 fully saturated rings. The molecule has 3 aromatic rings. The van der Waals surface area contributed by atoms with Crippen LogP contribution in [0.3, 0.4) is 0 Å². The van der Waals surface area contributed by atoms with Crippen LogP contribution in [0.5, 0.6) is 0 Å². The number of aromatic nitrogens is 4. The average Bonchev–Trinajstić information content (AvgIpc) is 3.31. The standard InChI is InChI=1S/C21H25N5O/c1-4-15-11-18(25-24-15)21(27)23-17-8-6-10-20-16(17)12-22-26(20)19-9-5-7-13(2)14(19)3/h5,7,9,11-12,17H,4,6,8,10H2,1-3H3,(H,23,27)(H,24,25)/t17-/m0/s1. The Morgan fingerprint density at radius 2 is 2.22 bits per heavy atom. The van der Waals surface area contributed by atoms with Crippen LogP contribution in [-0.2, 0) is 12.8 Å². The lowest BCUT2D eigenvalue weighted by Gasteiger charge is -2.24. The molecule has 1 aliphatic carbocycles. The molecule has 0 radical (unpaired) electrons. The Bertz CT molecular complexity index is 984. The minimum atomic E-state index is -0.136. The minimum absolute atomic E-state index is 0.0260. The number of benzene rings is 1. The van der Waals surface area contributed by atoms with E-state index in [-0.39, 0.29) is 11.9 Å². The highest BCUT2D eigenvalue weighted by molar-refractivity contribution is 5.92. The van der Waals surface area contributed by atoms with E-state index in [1.54, 1.807) is 0 Å². The summed E-state index contributed by atoms with van der Waals surface area (Å²) in [6.07, 6.45) is 5.65. The summed E-state index contributed by atoms with van der Waals surface area (Å²) in [6, 6.07) is 8.08. The van der Waals surface area contributed by atoms with Crippen molar-refractivity contribution in [1.82, 2.24) is 25.3 Å². The molecule has 140 valence electrons. The first-order valence-corrected chi connectivity index (χ1v) is 9.57. The van der Waals surface area contributed by atoms with Gasteiger partial charge in [-0.05, 0) is 62.8 Å². The fraction of sp³-hybridized carbons (Fsp3) is 0.381. The van der Waals surface area contributed by atoms with E-state index < -0.39 is 0 Å². The SMILES string of the molecule is CCc1cc(C(=O)N[C@H]2CCCc3c2cnn3-c2cccc(C)c2C)n[nH]1. The van der Waals surface area contributed by atoms with Gasteiger partial charge in [0.2, 0.25) is 0 Å². The van der Waals surface area contributed by atoms with Crippen LogP contribution in [0.25, 0.3) is 5.69 Å². The topological polar surface area (TPSA) is 75.6 Å². The smallest absolute Gasteiger partial charge is 0.272 e. The molecule has 6 nitrogen and oxygen atoms in total. The summed E-state index contributed by atoms with van der Waals surface area (Å²) >= 11 is 0. The number of carbonyl (C=O) groups excluding carboxylic acids is 1. The van der Waals surface area contributed by atoms with Crippen LogP contribution in [0.1, 0.15) is 64.4 Å². The number of hydrogen-bond acceptors (Lipinski definition) is 3. The van der Waals surface area contributed by atoms with Gasteiger partial charge in [-0.2, -0.15) is 10.2 Å². The van der Waals surface area contributed by atoms with Crippen molar-refractivity contribution in [2.75, 3.05) is 0 Å². The highest BCUT2D eigenvalue weighted by atomic mass is 16.2. The number of hydrogen-bond donors (Lipinski definition) is 2. The van der Waals surface area contributed by atoms with Crippen molar-refractivity contribution < 1.29 is 4.79 Å². The van der Waals surface area contributed by atoms with Crippen LogP contribution >= 0.6 is 0 Å². The maximum Gasteiger partial charge on any atom is 0.272 e. The van der Waals surface area contributed by atoms with E-state index >= 15 is 0 Å². The lowest BCUT2D eigenvalue weighted by Crippen LogP contribution is -2.31. The van der Waals surface area contributed by atoms with E-state index in [1.165, 1.54) is 16.8 Å². The molecule has 1 aromatic carbocycles. The molecule has 6 heteroatoms. The third-order valence-corrected chi connectivity index (χ3v) is 5.54. The molecular weight excluding hydrogens is 338 g/mol. The Balaban J connectivity index is 1.62. The van der Waals surface area contributed by atoms with E-state index in [0.29, 0.717) is 5.69 Å². The number of nitrogens with zero attached hydrogens (tertiary/aromatic N) is 3. The van der Waals surface area contributed by atoms with Crippen molar-refractivity contribution in [3.63, 3.8) is 0 Å². The predicted octanol–water partition coefficient (Wildman–Crippen LogP) is 3.58. The predicted molar refractivity (Wildman–Crippen MR) is 104 cm³/mol. The molecule has 2 heterocycles. The first kappa shape index (κ1) is 17.5. The van der Waals surface area contributed by atoms with Crippen LogP contribution in [0, 0.1) is 13.8 Å². The Labute approximate surface area is 159 Å². The van der Waals surface area contributed by atoms with Crippen LogP contribution in [0.4, 0.5) is 0 Å². The number of aryl methyl sites for hydroxylation is 2. The summed E-state index contributed by atoms with van der Waals surface area (Å²) in [5.74, 6) is -0.136. The van der Waals surface area contributed by atoms with Gasteiger partial charge in [-0.3, -0.25) is 9.89 Å². The number of carbonyl (C=O) groups is 1. The minimum Gasteiger partial charge on any atom is -0.344 e. The maximum absolute atomic E-state index is 12.6. The Morgan fingerprint density at radius 3 is 3.00 bits per heavy atom. The lowest BCUT2D eigenvalue weighted by atomic mass is 9.92. The van der Waals surface area contributed by atoms with Gasteiger partial charge in [-0.1, -0.05) is 19.1 Å². The number of amides is 1. The third kappa shape index (κ3) is 3.16. The molecular formula is C21H25N5O. The molecule has 0 aliphatic heterocycles. The van der Waals surface area contributed by atoms with Crippen LogP contribution in [0.2, 0.25) is 0 Å². The van der Waals surface area contributed by atoms with Crippen LogP contribution in [-0.4, -0.2) is 25.9 Å². The molecule has 0 saturated carbocycles. The van der Waals surface area contributed by atoms with Gasteiger partial charge < -0.3 is 5.32 Å². The summed E-state index contributed by atoms with van der Waals surface area (Å²) in [7, 11) is 0. The molecule has 0 bridgehead atoms. The molecule has 4 rings (SSSR count). The monoisotopic (exact) mass is 363 g/mol. The van der Waals surface area contributed by atoms with Gasteiger partial charge in [0.15, 0.2) is 0 Å². The third-order valence-electron chi connectivity index (χ3n) is 5.54. The number of nitrogens with one attached hydrogen (secondary N) is 2. The van der Waals surface area contributed by atoms with Crippen molar-refractivity contribution in [1.29, 1.82) is 0 Å². The fourth-order valence-electron chi connectivity index (χ4n) is 3.77. The molecule has 2 N–H and O–H groups in total. The van der Waals surface area contributed by atoms with Crippen LogP contribution < -0.4 is 5.32 Å². The summed E-state index contributed by atoms with van der Waals surface area (Å²) in [5, 5.41) is 14.8. The van der Waals surface area contributed by atoms with Crippen molar-refractivity contribution in [2.24, 2.45) is 0 Å². The van der Waals surface area contributed by atoms with E-state index in [0.717, 1.165) is 42.6 Å². The first-order chi connectivity index (χ1) is 13.1. The van der Waals surface area contributed by atoms with E-state index in [9.17, 15) is 4.79 Å². The highest BCUT2D eigenvalue weighted by Crippen LogP contribution is 2.32. The number of aromatic amines is 1. The molecule has 0 unspecified atom stereocenters. The van der Waals surface area contributed by atoms with Crippen molar-refractivity contribution >= 4 is 5.91 Å². The van der Waals surface area contributed by atoms with E-state index in [2.05, 4.69) is 52.7 Å². The second-order valence-corrected chi connectivity index (χ2v) is 7.23. The summed E-state index contributed by atoms with van der Waals surface area (Å²) in [6.45, 7) is 6.28. The quantitative estimate of drug-likeness (QED) is 0.744. The lowest BCUT2D eigenvalue weighted by molar-refractivity contribution is 0.0927. The number of rotatable bonds is 4. The number of H-pyrrole nitrogens is 1. The molecule has 1 aliphatic rings. The van der Waals surface area contributed by atoms with E-state index in [4.69, 9.17) is 0 Å². The van der Waals surface area contributed by atoms with Gasteiger partial charge in [0, 0.05) is 17.0 Å². The highest BCUT2D eigenvalue weighted by Gasteiger charge is 2.27. The maximum atomic E-state index is 12.6. The Hall–Kier alpha value is -2.89. The van der Waals surface area contributed by atoms with E-state index in [1.807, 2.05) is 23.9 Å². The normalized spacial score (nSPS) is 16.2. The van der Waals surface area contributed by atoms with Crippen molar-refractivity contribution in [2.45, 2.75) is 52.5 Å². The summed E-state index contributed by atoms with van der Waals surface area (Å²) < 4.78 is 2.04. The zero-order valence-corrected chi connectivity index (χ0v) is 16.0. The fourth-order valence-corrected chi connectivity index (χ4v) is 3.77. The van der Waals surface area contributed by atoms with Crippen molar-refractivity contribution in [3.05, 3.63) is 64.2 Å². The second kappa shape index (κ2) is 7.02. The average molecular weight is 363 g/mol. The van der Waals surface area contributed by atoms with Gasteiger partial charge >= 0.3 is 0 Å². The van der Waals surface area contributed by atoms with Gasteiger partial charge in [0.1, 0.15) is 5.69 Å². The summed E-state index contributed by atoms with van der Waals surface area (Å²) in [5.41, 5.74) is 7.32. The Kier molecular flexibility index (Phi) is 4.56. The largest absolute Gasteiger partial charge is 0.344 e. The molecule has 0 saturated heterocycles. The van der Waals surface area contributed by atoms with Gasteiger partial charge in [-0.15, -0.1) is 0 Å². The Morgan fingerprint density at radius 1 is 1.37 bits per heavy atom. The molecule has 2 aromatic heterocycles. The van der Waals surface area contributed by atoms with Gasteiger partial charge in [-0.25, -0.2) is 4.68 Å². The summed E-state index contributed by atoms with van der Waals surface area (Å²) in [4.78, 5) is 12.6. The number of fused-ring (bicyclic) bond motifs is 1. The first-order valence-electron chi connectivity index (χ1n) is 9.57. The molecule has 0 spiro atoms. The molecule has 1 amide bonds. The van der Waals surface area contributed by atoms with Crippen molar-refractivity contribution in [3.8, 4) is 5.69 Å².